The number of benzene rings is 2. The highest BCUT2D eigenvalue weighted by Crippen LogP contribution is 2.48. The molecule has 46 heavy (non-hydrogen) atoms. The second-order valence-electron chi connectivity index (χ2n) is 12.5. The van der Waals surface area contributed by atoms with Crippen LogP contribution in [0.4, 0.5) is 0 Å². The molecule has 1 fully saturated rings. The lowest BCUT2D eigenvalue weighted by molar-refractivity contribution is -0.132. The van der Waals surface area contributed by atoms with Crippen LogP contribution in [0, 0.1) is 17.2 Å². The van der Waals surface area contributed by atoms with Crippen LogP contribution in [0.25, 0.3) is 0 Å². The molecule has 2 aliphatic rings. The van der Waals surface area contributed by atoms with E-state index in [2.05, 4.69) is 39.1 Å². The highest BCUT2D eigenvalue weighted by Gasteiger charge is 2.47. The van der Waals surface area contributed by atoms with Crippen LogP contribution in [0.15, 0.2) is 40.8 Å². The van der Waals surface area contributed by atoms with Gasteiger partial charge in [0, 0.05) is 43.7 Å². The summed E-state index contributed by atoms with van der Waals surface area (Å²) in [5, 5.41) is 27.6. The molecule has 11 nitrogen and oxygen atoms in total. The van der Waals surface area contributed by atoms with Crippen molar-refractivity contribution >= 4 is 17.7 Å². The second kappa shape index (κ2) is 13.4. The minimum absolute atomic E-state index is 0.0175. The molecule has 3 N–H and O–H groups in total. The van der Waals surface area contributed by atoms with Crippen molar-refractivity contribution in [2.45, 2.75) is 83.3 Å². The van der Waals surface area contributed by atoms with E-state index in [1.165, 1.54) is 0 Å². The standard InChI is InChI=1S/C35H43N7O4/c1-7-30-40-41-34(46-30)35(17-21(3)39-19-31(43)42-22(4)20(2)14-27(42)18-36)28-12-10-25(32(44)37-5)15-23(28)8-9-24-16-26(33(45)38-6)11-13-29(24)35/h10-13,15-16,20-22,27,39H,7-9,14,17,19H2,1-6H3,(H,37,44)(H,38,45)/t20-,21-,22?,27?/m0/s1. The van der Waals surface area contributed by atoms with E-state index in [0.29, 0.717) is 55.0 Å². The average molecular weight is 626 g/mol. The minimum atomic E-state index is -0.954. The molecule has 3 amide bonds. The van der Waals surface area contributed by atoms with E-state index < -0.39 is 11.5 Å². The topological polar surface area (TPSA) is 153 Å². The predicted molar refractivity (Wildman–Crippen MR) is 172 cm³/mol. The monoisotopic (exact) mass is 625 g/mol. The van der Waals surface area contributed by atoms with Gasteiger partial charge in [-0.1, -0.05) is 26.0 Å². The van der Waals surface area contributed by atoms with Gasteiger partial charge >= 0.3 is 0 Å². The van der Waals surface area contributed by atoms with E-state index in [4.69, 9.17) is 4.42 Å². The van der Waals surface area contributed by atoms with Crippen LogP contribution < -0.4 is 16.0 Å². The molecule has 0 saturated carbocycles. The first kappa shape index (κ1) is 32.8. The lowest BCUT2D eigenvalue weighted by Crippen LogP contribution is -2.47. The number of nitriles is 1. The summed E-state index contributed by atoms with van der Waals surface area (Å²) in [7, 11) is 3.21. The number of hydrogen-bond acceptors (Lipinski definition) is 8. The van der Waals surface area contributed by atoms with Crippen LogP contribution in [0.5, 0.6) is 0 Å². The van der Waals surface area contributed by atoms with Crippen molar-refractivity contribution in [1.29, 1.82) is 5.26 Å². The first-order valence-corrected chi connectivity index (χ1v) is 16.1. The van der Waals surface area contributed by atoms with Crippen molar-refractivity contribution in [3.63, 3.8) is 0 Å². The Labute approximate surface area is 270 Å². The fraction of sp³-hybridized carbons (Fsp3) is 0.486. The van der Waals surface area contributed by atoms with Gasteiger partial charge in [-0.05, 0) is 92.0 Å². The van der Waals surface area contributed by atoms with Crippen molar-refractivity contribution in [2.24, 2.45) is 5.92 Å². The Hall–Kier alpha value is -4.56. The van der Waals surface area contributed by atoms with Crippen molar-refractivity contribution in [3.8, 4) is 6.07 Å². The third-order valence-electron chi connectivity index (χ3n) is 9.75. The number of carbonyl (C=O) groups is 3. The first-order valence-electron chi connectivity index (χ1n) is 16.1. The van der Waals surface area contributed by atoms with Gasteiger partial charge in [-0.2, -0.15) is 5.26 Å². The molecule has 1 saturated heterocycles. The highest BCUT2D eigenvalue weighted by molar-refractivity contribution is 5.95. The van der Waals surface area contributed by atoms with Gasteiger partial charge in [0.05, 0.1) is 12.6 Å². The lowest BCUT2D eigenvalue weighted by atomic mass is 9.68. The quantitative estimate of drug-likeness (QED) is 0.328. The molecular formula is C35H43N7O4. The SMILES string of the molecule is CCc1nnc(C2(C[C@H](C)NCC(=O)N3C(C#N)C[C@H](C)C3C)c3ccc(C(=O)NC)cc3CCc3cc(C(=O)NC)ccc32)o1. The molecule has 2 unspecified atom stereocenters. The van der Waals surface area contributed by atoms with E-state index in [1.807, 2.05) is 57.2 Å². The fourth-order valence-electron chi connectivity index (χ4n) is 7.15. The van der Waals surface area contributed by atoms with Crippen molar-refractivity contribution in [2.75, 3.05) is 20.6 Å². The minimum Gasteiger partial charge on any atom is -0.424 e. The molecule has 0 radical (unpaired) electrons. The van der Waals surface area contributed by atoms with Crippen molar-refractivity contribution < 1.29 is 18.8 Å². The maximum Gasteiger partial charge on any atom is 0.251 e. The van der Waals surface area contributed by atoms with Gasteiger partial charge in [0.25, 0.3) is 11.8 Å². The molecule has 0 spiro atoms. The van der Waals surface area contributed by atoms with Gasteiger partial charge in [-0.15, -0.1) is 10.2 Å². The number of nitrogens with zero attached hydrogens (tertiary/aromatic N) is 4. The van der Waals surface area contributed by atoms with Gasteiger partial charge in [0.2, 0.25) is 17.7 Å². The molecule has 1 aliphatic heterocycles. The van der Waals surface area contributed by atoms with Crippen LogP contribution in [0.1, 0.15) is 95.3 Å². The van der Waals surface area contributed by atoms with E-state index in [1.54, 1.807) is 19.0 Å². The molecule has 2 aromatic carbocycles. The second-order valence-corrected chi connectivity index (χ2v) is 12.5. The molecule has 1 aromatic heterocycles. The first-order chi connectivity index (χ1) is 22.1. The number of amides is 3. The number of likely N-dealkylation sites (tertiary alicyclic amines) is 1. The Balaban J connectivity index is 1.61. The average Bonchev–Trinajstić information content (AvgIpc) is 3.64. The third-order valence-corrected chi connectivity index (χ3v) is 9.75. The zero-order chi connectivity index (χ0) is 33.2. The van der Waals surface area contributed by atoms with Crippen LogP contribution in [0.2, 0.25) is 0 Å². The molecule has 2 heterocycles. The van der Waals surface area contributed by atoms with Gasteiger partial charge in [0.15, 0.2) is 0 Å². The van der Waals surface area contributed by atoms with Crippen LogP contribution >= 0.6 is 0 Å². The zero-order valence-corrected chi connectivity index (χ0v) is 27.4. The summed E-state index contributed by atoms with van der Waals surface area (Å²) in [5.74, 6) is 0.692. The van der Waals surface area contributed by atoms with Crippen LogP contribution in [0.3, 0.4) is 0 Å². The van der Waals surface area contributed by atoms with Crippen molar-refractivity contribution in [1.82, 2.24) is 31.0 Å². The summed E-state index contributed by atoms with van der Waals surface area (Å²) < 4.78 is 6.39. The number of fused-ring (bicyclic) bond motifs is 2. The van der Waals surface area contributed by atoms with E-state index >= 15 is 0 Å². The summed E-state index contributed by atoms with van der Waals surface area (Å²) in [5.41, 5.74) is 3.94. The number of aryl methyl sites for hydroxylation is 3. The summed E-state index contributed by atoms with van der Waals surface area (Å²) >= 11 is 0. The Morgan fingerprint density at radius 2 is 1.61 bits per heavy atom. The summed E-state index contributed by atoms with van der Waals surface area (Å²) in [6.45, 7) is 8.12. The van der Waals surface area contributed by atoms with Gasteiger partial charge in [-0.3, -0.25) is 14.4 Å². The number of hydrogen-bond donors (Lipinski definition) is 3. The number of carbonyl (C=O) groups excluding carboxylic acids is 3. The molecule has 242 valence electrons. The van der Waals surface area contributed by atoms with Crippen LogP contribution in [-0.4, -0.2) is 71.6 Å². The third kappa shape index (κ3) is 5.89. The molecule has 0 bridgehead atoms. The van der Waals surface area contributed by atoms with Crippen LogP contribution in [-0.2, 0) is 29.5 Å². The number of nitrogens with one attached hydrogen (secondary N) is 3. The summed E-state index contributed by atoms with van der Waals surface area (Å²) in [6, 6.07) is 13.0. The zero-order valence-electron chi connectivity index (χ0n) is 27.4. The largest absolute Gasteiger partial charge is 0.424 e. The molecule has 5 rings (SSSR count). The number of aromatic nitrogens is 2. The van der Waals surface area contributed by atoms with E-state index in [0.717, 1.165) is 22.3 Å². The Kier molecular flexibility index (Phi) is 9.58. The summed E-state index contributed by atoms with van der Waals surface area (Å²) in [4.78, 5) is 40.6. The molecule has 3 aromatic rings. The van der Waals surface area contributed by atoms with E-state index in [9.17, 15) is 19.6 Å². The lowest BCUT2D eigenvalue weighted by Gasteiger charge is -2.36. The predicted octanol–water partition coefficient (Wildman–Crippen LogP) is 3.30. The Morgan fingerprint density at radius 1 is 1.02 bits per heavy atom. The Morgan fingerprint density at radius 3 is 2.11 bits per heavy atom. The maximum atomic E-state index is 13.5. The smallest absolute Gasteiger partial charge is 0.251 e. The summed E-state index contributed by atoms with van der Waals surface area (Å²) in [6.07, 6.45) is 2.92. The maximum absolute atomic E-state index is 13.5. The van der Waals surface area contributed by atoms with Gasteiger partial charge < -0.3 is 25.3 Å². The molecule has 4 atom stereocenters. The highest BCUT2D eigenvalue weighted by atomic mass is 16.4. The molecule has 11 heteroatoms. The Bertz CT molecular complexity index is 1610. The van der Waals surface area contributed by atoms with Gasteiger partial charge in [-0.25, -0.2) is 0 Å². The molecular weight excluding hydrogens is 582 g/mol. The van der Waals surface area contributed by atoms with Crippen molar-refractivity contribution in [3.05, 3.63) is 81.6 Å². The number of rotatable bonds is 9. The van der Waals surface area contributed by atoms with E-state index in [-0.39, 0.29) is 42.3 Å². The van der Waals surface area contributed by atoms with Gasteiger partial charge in [0.1, 0.15) is 11.5 Å². The molecule has 1 aliphatic carbocycles. The fourth-order valence-corrected chi connectivity index (χ4v) is 7.15. The normalized spacial score (nSPS) is 20.5.